The third-order valence-electron chi connectivity index (χ3n) is 2.83. The summed E-state index contributed by atoms with van der Waals surface area (Å²) in [5.41, 5.74) is 8.11. The summed E-state index contributed by atoms with van der Waals surface area (Å²) in [4.78, 5) is 0. The quantitative estimate of drug-likeness (QED) is 0.873. The monoisotopic (exact) mass is 267 g/mol. The molecule has 0 unspecified atom stereocenters. The minimum absolute atomic E-state index is 0.194. The van der Waals surface area contributed by atoms with E-state index in [1.54, 1.807) is 19.1 Å². The van der Waals surface area contributed by atoms with Gasteiger partial charge in [0, 0.05) is 12.1 Å². The van der Waals surface area contributed by atoms with Gasteiger partial charge in [0.05, 0.1) is 5.02 Å². The summed E-state index contributed by atoms with van der Waals surface area (Å²) < 4.78 is 26.5. The van der Waals surface area contributed by atoms with E-state index in [0.29, 0.717) is 21.7 Å². The Balaban J connectivity index is 2.65. The van der Waals surface area contributed by atoms with Gasteiger partial charge in [0.1, 0.15) is 11.6 Å². The van der Waals surface area contributed by atoms with Crippen LogP contribution in [0.4, 0.5) is 8.78 Å². The number of hydrogen-bond donors (Lipinski definition) is 1. The zero-order valence-corrected chi connectivity index (χ0v) is 10.6. The summed E-state index contributed by atoms with van der Waals surface area (Å²) in [6, 6.07) is 7.21. The Morgan fingerprint density at radius 1 is 1.11 bits per heavy atom. The molecule has 0 saturated carbocycles. The van der Waals surface area contributed by atoms with Crippen LogP contribution < -0.4 is 5.73 Å². The molecule has 0 aliphatic rings. The van der Waals surface area contributed by atoms with Gasteiger partial charge in [0.15, 0.2) is 0 Å². The molecule has 2 N–H and O–H groups in total. The van der Waals surface area contributed by atoms with Crippen LogP contribution in [0.3, 0.4) is 0 Å². The van der Waals surface area contributed by atoms with Crippen LogP contribution in [0.2, 0.25) is 5.02 Å². The van der Waals surface area contributed by atoms with Crippen LogP contribution in [0.5, 0.6) is 0 Å². The Morgan fingerprint density at radius 2 is 1.83 bits per heavy atom. The minimum atomic E-state index is -0.361. The fourth-order valence-electron chi connectivity index (χ4n) is 1.86. The molecule has 4 heteroatoms. The third kappa shape index (κ3) is 2.37. The molecule has 0 fully saturated rings. The summed E-state index contributed by atoms with van der Waals surface area (Å²) in [5.74, 6) is -0.714. The molecular formula is C14H12ClF2N. The van der Waals surface area contributed by atoms with E-state index in [1.807, 2.05) is 0 Å². The molecule has 0 atom stereocenters. The molecule has 0 radical (unpaired) electrons. The van der Waals surface area contributed by atoms with E-state index in [1.165, 1.54) is 18.2 Å². The number of rotatable bonds is 2. The third-order valence-corrected chi connectivity index (χ3v) is 3.14. The lowest BCUT2D eigenvalue weighted by Crippen LogP contribution is -2.00. The van der Waals surface area contributed by atoms with Gasteiger partial charge in [0.25, 0.3) is 0 Å². The highest BCUT2D eigenvalue weighted by molar-refractivity contribution is 6.33. The first kappa shape index (κ1) is 13.0. The standard InChI is InChI=1S/C14H12ClF2N/c1-8-4-12(13(15)6-14(8)17)11-3-2-10(16)5-9(11)7-18/h2-6H,7,18H2,1H3. The van der Waals surface area contributed by atoms with E-state index in [-0.39, 0.29) is 18.2 Å². The number of hydrogen-bond acceptors (Lipinski definition) is 1. The van der Waals surface area contributed by atoms with Crippen LogP contribution >= 0.6 is 11.6 Å². The molecule has 94 valence electrons. The fraction of sp³-hybridized carbons (Fsp3) is 0.143. The van der Waals surface area contributed by atoms with Crippen molar-refractivity contribution in [2.24, 2.45) is 5.73 Å². The highest BCUT2D eigenvalue weighted by Crippen LogP contribution is 2.32. The Labute approximate surface area is 109 Å². The molecule has 0 bridgehead atoms. The number of benzene rings is 2. The lowest BCUT2D eigenvalue weighted by atomic mass is 9.98. The summed E-state index contributed by atoms with van der Waals surface area (Å²) in [6.45, 7) is 1.85. The predicted octanol–water partition coefficient (Wildman–Crippen LogP) is 4.05. The van der Waals surface area contributed by atoms with Crippen molar-refractivity contribution < 1.29 is 8.78 Å². The zero-order valence-electron chi connectivity index (χ0n) is 9.81. The first-order valence-electron chi connectivity index (χ1n) is 5.47. The fourth-order valence-corrected chi connectivity index (χ4v) is 2.11. The van der Waals surface area contributed by atoms with Crippen LogP contribution in [0.15, 0.2) is 30.3 Å². The second-order valence-electron chi connectivity index (χ2n) is 4.09. The Bertz CT molecular complexity index is 597. The molecule has 0 spiro atoms. The van der Waals surface area contributed by atoms with Crippen molar-refractivity contribution in [2.75, 3.05) is 0 Å². The lowest BCUT2D eigenvalue weighted by Gasteiger charge is -2.11. The molecule has 0 aliphatic carbocycles. The van der Waals surface area contributed by atoms with Crippen molar-refractivity contribution in [3.05, 3.63) is 58.1 Å². The highest BCUT2D eigenvalue weighted by atomic mass is 35.5. The molecule has 18 heavy (non-hydrogen) atoms. The second-order valence-corrected chi connectivity index (χ2v) is 4.49. The SMILES string of the molecule is Cc1cc(-c2ccc(F)cc2CN)c(Cl)cc1F. The van der Waals surface area contributed by atoms with Gasteiger partial charge in [-0.1, -0.05) is 17.7 Å². The van der Waals surface area contributed by atoms with E-state index < -0.39 is 0 Å². The van der Waals surface area contributed by atoms with Crippen LogP contribution in [0, 0.1) is 18.6 Å². The Kier molecular flexibility index (Phi) is 3.64. The summed E-state index contributed by atoms with van der Waals surface area (Å²) >= 11 is 6.03. The molecular weight excluding hydrogens is 256 g/mol. The van der Waals surface area contributed by atoms with Crippen molar-refractivity contribution in [1.29, 1.82) is 0 Å². The second kappa shape index (κ2) is 5.04. The summed E-state index contributed by atoms with van der Waals surface area (Å²) in [5, 5.41) is 0.291. The van der Waals surface area contributed by atoms with Gasteiger partial charge in [-0.3, -0.25) is 0 Å². The number of aryl methyl sites for hydroxylation is 1. The van der Waals surface area contributed by atoms with Gasteiger partial charge in [-0.15, -0.1) is 0 Å². The number of halogens is 3. The minimum Gasteiger partial charge on any atom is -0.326 e. The van der Waals surface area contributed by atoms with Crippen molar-refractivity contribution >= 4 is 11.6 Å². The average molecular weight is 268 g/mol. The van der Waals surface area contributed by atoms with Gasteiger partial charge in [-0.25, -0.2) is 8.78 Å². The molecule has 0 aliphatic heterocycles. The topological polar surface area (TPSA) is 26.0 Å². The van der Waals surface area contributed by atoms with E-state index in [0.717, 1.165) is 5.56 Å². The molecule has 2 rings (SSSR count). The highest BCUT2D eigenvalue weighted by Gasteiger charge is 2.11. The normalized spacial score (nSPS) is 10.7. The van der Waals surface area contributed by atoms with E-state index in [4.69, 9.17) is 17.3 Å². The first-order chi connectivity index (χ1) is 8.52. The molecule has 0 aromatic heterocycles. The predicted molar refractivity (Wildman–Crippen MR) is 69.4 cm³/mol. The summed E-state index contributed by atoms with van der Waals surface area (Å²) in [6.07, 6.45) is 0. The Morgan fingerprint density at radius 3 is 2.50 bits per heavy atom. The maximum Gasteiger partial charge on any atom is 0.127 e. The molecule has 0 saturated heterocycles. The van der Waals surface area contributed by atoms with Crippen molar-refractivity contribution in [3.8, 4) is 11.1 Å². The van der Waals surface area contributed by atoms with Gasteiger partial charge in [-0.05, 0) is 47.9 Å². The van der Waals surface area contributed by atoms with Gasteiger partial charge >= 0.3 is 0 Å². The van der Waals surface area contributed by atoms with Crippen LogP contribution in [0.25, 0.3) is 11.1 Å². The van der Waals surface area contributed by atoms with Crippen molar-refractivity contribution in [1.82, 2.24) is 0 Å². The zero-order chi connectivity index (χ0) is 13.3. The smallest absolute Gasteiger partial charge is 0.127 e. The summed E-state index contributed by atoms with van der Waals surface area (Å²) in [7, 11) is 0. The molecule has 0 heterocycles. The van der Waals surface area contributed by atoms with Crippen LogP contribution in [-0.2, 0) is 6.54 Å². The largest absolute Gasteiger partial charge is 0.326 e. The molecule has 1 nitrogen and oxygen atoms in total. The van der Waals surface area contributed by atoms with Gasteiger partial charge < -0.3 is 5.73 Å². The number of nitrogens with two attached hydrogens (primary N) is 1. The van der Waals surface area contributed by atoms with E-state index >= 15 is 0 Å². The lowest BCUT2D eigenvalue weighted by molar-refractivity contribution is 0.618. The van der Waals surface area contributed by atoms with Crippen LogP contribution in [0.1, 0.15) is 11.1 Å². The maximum absolute atomic E-state index is 13.4. The molecule has 2 aromatic carbocycles. The van der Waals surface area contributed by atoms with Crippen molar-refractivity contribution in [2.45, 2.75) is 13.5 Å². The average Bonchev–Trinajstić information content (AvgIpc) is 2.34. The van der Waals surface area contributed by atoms with Gasteiger partial charge in [-0.2, -0.15) is 0 Å². The van der Waals surface area contributed by atoms with E-state index in [9.17, 15) is 8.78 Å². The maximum atomic E-state index is 13.4. The Hall–Kier alpha value is -1.45. The van der Waals surface area contributed by atoms with Gasteiger partial charge in [0.2, 0.25) is 0 Å². The van der Waals surface area contributed by atoms with E-state index in [2.05, 4.69) is 0 Å². The molecule has 0 amide bonds. The first-order valence-corrected chi connectivity index (χ1v) is 5.85. The van der Waals surface area contributed by atoms with Crippen LogP contribution in [-0.4, -0.2) is 0 Å². The van der Waals surface area contributed by atoms with Crippen molar-refractivity contribution in [3.63, 3.8) is 0 Å². The molecule has 2 aromatic rings.